The number of furan rings is 1. The summed E-state index contributed by atoms with van der Waals surface area (Å²) in [6.07, 6.45) is 3.33. The second-order valence-corrected chi connectivity index (χ2v) is 6.14. The summed E-state index contributed by atoms with van der Waals surface area (Å²) in [5.74, 6) is 1.71. The average molecular weight is 401 g/mol. The van der Waals surface area contributed by atoms with E-state index in [2.05, 4.69) is 5.32 Å². The second-order valence-electron chi connectivity index (χ2n) is 6.14. The van der Waals surface area contributed by atoms with E-state index < -0.39 is 5.97 Å². The molecule has 1 N–H and O–H groups in total. The number of carbonyl (C=O) groups is 2. The van der Waals surface area contributed by atoms with Gasteiger partial charge in [-0.05, 0) is 63.1 Å². The first-order valence-corrected chi connectivity index (χ1v) is 9.58. The Kier molecular flexibility index (Phi) is 8.82. The predicted molar refractivity (Wildman–Crippen MR) is 109 cm³/mol. The molecule has 7 heteroatoms. The molecule has 0 saturated heterocycles. The third-order valence-corrected chi connectivity index (χ3v) is 3.83. The predicted octanol–water partition coefficient (Wildman–Crippen LogP) is 3.30. The molecule has 29 heavy (non-hydrogen) atoms. The lowest BCUT2D eigenvalue weighted by molar-refractivity contribution is -0.143. The maximum atomic E-state index is 11.8. The molecule has 7 nitrogen and oxygen atoms in total. The van der Waals surface area contributed by atoms with Gasteiger partial charge in [-0.2, -0.15) is 0 Å². The van der Waals surface area contributed by atoms with E-state index in [0.29, 0.717) is 43.4 Å². The molecular formula is C22H27NO6. The van der Waals surface area contributed by atoms with Gasteiger partial charge in [0.25, 0.3) is 5.91 Å². The van der Waals surface area contributed by atoms with Crippen LogP contribution in [0.3, 0.4) is 0 Å². The van der Waals surface area contributed by atoms with Crippen molar-refractivity contribution in [3.8, 4) is 11.5 Å². The van der Waals surface area contributed by atoms with Gasteiger partial charge in [0.15, 0.2) is 18.1 Å². The minimum absolute atomic E-state index is 0.339. The van der Waals surface area contributed by atoms with Crippen LogP contribution in [0.15, 0.2) is 40.8 Å². The van der Waals surface area contributed by atoms with E-state index in [1.165, 1.54) is 12.2 Å². The van der Waals surface area contributed by atoms with Crippen molar-refractivity contribution < 1.29 is 28.2 Å². The molecule has 0 bridgehead atoms. The molecule has 0 aliphatic carbocycles. The fourth-order valence-electron chi connectivity index (χ4n) is 2.53. The molecule has 0 aliphatic rings. The molecule has 1 aromatic heterocycles. The fourth-order valence-corrected chi connectivity index (χ4v) is 2.53. The molecule has 1 aromatic carbocycles. The minimum atomic E-state index is -0.609. The van der Waals surface area contributed by atoms with Gasteiger partial charge in [-0.25, -0.2) is 4.79 Å². The molecule has 2 rings (SSSR count). The number of benzene rings is 1. The van der Waals surface area contributed by atoms with Crippen molar-refractivity contribution in [2.75, 3.05) is 26.4 Å². The molecule has 0 fully saturated rings. The summed E-state index contributed by atoms with van der Waals surface area (Å²) >= 11 is 0. The highest BCUT2D eigenvalue weighted by atomic mass is 16.5. The smallest absolute Gasteiger partial charge is 0.331 e. The van der Waals surface area contributed by atoms with Gasteiger partial charge in [0, 0.05) is 12.6 Å². The van der Waals surface area contributed by atoms with Crippen molar-refractivity contribution in [2.24, 2.45) is 0 Å². The lowest BCUT2D eigenvalue weighted by atomic mass is 10.1. The van der Waals surface area contributed by atoms with Gasteiger partial charge in [0.1, 0.15) is 11.5 Å². The van der Waals surface area contributed by atoms with Crippen molar-refractivity contribution in [3.63, 3.8) is 0 Å². The summed E-state index contributed by atoms with van der Waals surface area (Å²) in [5.41, 5.74) is 1.01. The number of rotatable bonds is 11. The van der Waals surface area contributed by atoms with Crippen LogP contribution in [0, 0.1) is 6.92 Å². The molecule has 0 radical (unpaired) electrons. The number of hydrogen-bond donors (Lipinski definition) is 1. The lowest BCUT2D eigenvalue weighted by Gasteiger charge is -2.12. The van der Waals surface area contributed by atoms with Crippen LogP contribution in [0.4, 0.5) is 0 Å². The zero-order chi connectivity index (χ0) is 21.1. The van der Waals surface area contributed by atoms with Crippen LogP contribution >= 0.6 is 0 Å². The van der Waals surface area contributed by atoms with Crippen LogP contribution in [-0.2, 0) is 20.7 Å². The Morgan fingerprint density at radius 2 is 1.83 bits per heavy atom. The number of hydrogen-bond acceptors (Lipinski definition) is 6. The SMILES string of the molecule is CCOc1ccc(CCNC(=O)COC(=O)C=Cc2ccc(C)o2)cc1OCC. The molecular weight excluding hydrogens is 374 g/mol. The minimum Gasteiger partial charge on any atom is -0.490 e. The third-order valence-electron chi connectivity index (χ3n) is 3.83. The molecule has 0 spiro atoms. The normalized spacial score (nSPS) is 10.7. The van der Waals surface area contributed by atoms with Crippen molar-refractivity contribution in [1.82, 2.24) is 5.32 Å². The molecule has 0 atom stereocenters. The summed E-state index contributed by atoms with van der Waals surface area (Å²) in [4.78, 5) is 23.5. The van der Waals surface area contributed by atoms with E-state index >= 15 is 0 Å². The van der Waals surface area contributed by atoms with Crippen LogP contribution in [0.2, 0.25) is 0 Å². The van der Waals surface area contributed by atoms with E-state index in [0.717, 1.165) is 11.3 Å². The van der Waals surface area contributed by atoms with Crippen molar-refractivity contribution in [3.05, 3.63) is 53.5 Å². The standard InChI is InChI=1S/C22H27NO6/c1-4-26-19-10-7-17(14-20(19)27-5-2)12-13-23-21(24)15-28-22(25)11-9-18-8-6-16(3)29-18/h6-11,14H,4-5,12-13,15H2,1-3H3,(H,23,24). The Hall–Kier alpha value is -3.22. The van der Waals surface area contributed by atoms with Crippen LogP contribution in [-0.4, -0.2) is 38.2 Å². The summed E-state index contributed by atoms with van der Waals surface area (Å²) in [6, 6.07) is 9.23. The highest BCUT2D eigenvalue weighted by Crippen LogP contribution is 2.28. The number of aryl methyl sites for hydroxylation is 1. The Labute approximate surface area is 170 Å². The number of nitrogens with one attached hydrogen (secondary N) is 1. The second kappa shape index (κ2) is 11.6. The molecule has 156 valence electrons. The van der Waals surface area contributed by atoms with Crippen LogP contribution in [0.5, 0.6) is 11.5 Å². The van der Waals surface area contributed by atoms with Gasteiger partial charge in [-0.15, -0.1) is 0 Å². The molecule has 1 heterocycles. The Morgan fingerprint density at radius 3 is 2.52 bits per heavy atom. The van der Waals surface area contributed by atoms with E-state index in [1.807, 2.05) is 39.0 Å². The van der Waals surface area contributed by atoms with Crippen LogP contribution < -0.4 is 14.8 Å². The first-order chi connectivity index (χ1) is 14.0. The average Bonchev–Trinajstić information content (AvgIpc) is 3.12. The number of esters is 1. The Morgan fingerprint density at radius 1 is 1.07 bits per heavy atom. The zero-order valence-electron chi connectivity index (χ0n) is 17.0. The van der Waals surface area contributed by atoms with Gasteiger partial charge in [-0.3, -0.25) is 4.79 Å². The summed E-state index contributed by atoms with van der Waals surface area (Å²) in [5, 5.41) is 2.72. The number of carbonyl (C=O) groups excluding carboxylic acids is 2. The monoisotopic (exact) mass is 401 g/mol. The van der Waals surface area contributed by atoms with E-state index in [1.54, 1.807) is 12.1 Å². The van der Waals surface area contributed by atoms with Crippen molar-refractivity contribution in [2.45, 2.75) is 27.2 Å². The molecule has 0 aliphatic heterocycles. The zero-order valence-corrected chi connectivity index (χ0v) is 17.0. The molecule has 1 amide bonds. The molecule has 0 unspecified atom stereocenters. The fraction of sp³-hybridized carbons (Fsp3) is 0.364. The van der Waals surface area contributed by atoms with Gasteiger partial charge in [0.2, 0.25) is 0 Å². The summed E-state index contributed by atoms with van der Waals surface area (Å²) in [7, 11) is 0. The first kappa shape index (κ1) is 22.1. The highest BCUT2D eigenvalue weighted by Gasteiger charge is 2.08. The van der Waals surface area contributed by atoms with Crippen molar-refractivity contribution in [1.29, 1.82) is 0 Å². The maximum Gasteiger partial charge on any atom is 0.331 e. The van der Waals surface area contributed by atoms with Gasteiger partial charge in [-0.1, -0.05) is 6.07 Å². The summed E-state index contributed by atoms with van der Waals surface area (Å²) in [6.45, 7) is 6.81. The largest absolute Gasteiger partial charge is 0.490 e. The summed E-state index contributed by atoms with van der Waals surface area (Å²) < 4.78 is 21.4. The van der Waals surface area contributed by atoms with E-state index in [4.69, 9.17) is 18.6 Å². The highest BCUT2D eigenvalue weighted by molar-refractivity contribution is 5.88. The number of ether oxygens (including phenoxy) is 3. The van der Waals surface area contributed by atoms with Gasteiger partial charge < -0.3 is 23.9 Å². The van der Waals surface area contributed by atoms with E-state index in [9.17, 15) is 9.59 Å². The van der Waals surface area contributed by atoms with E-state index in [-0.39, 0.29) is 12.5 Å². The Balaban J connectivity index is 1.73. The van der Waals surface area contributed by atoms with Crippen LogP contribution in [0.1, 0.15) is 30.9 Å². The maximum absolute atomic E-state index is 11.8. The molecule has 2 aromatic rings. The van der Waals surface area contributed by atoms with Crippen molar-refractivity contribution >= 4 is 18.0 Å². The third kappa shape index (κ3) is 7.73. The molecule has 0 saturated carbocycles. The quantitative estimate of drug-likeness (QED) is 0.459. The van der Waals surface area contributed by atoms with Gasteiger partial charge >= 0.3 is 5.97 Å². The topological polar surface area (TPSA) is 87.0 Å². The van der Waals surface area contributed by atoms with Crippen LogP contribution in [0.25, 0.3) is 6.08 Å². The first-order valence-electron chi connectivity index (χ1n) is 9.58. The van der Waals surface area contributed by atoms with Gasteiger partial charge in [0.05, 0.1) is 13.2 Å². The lowest BCUT2D eigenvalue weighted by Crippen LogP contribution is -2.30. The Bertz CT molecular complexity index is 840. The number of amides is 1.